The molecule has 0 fully saturated rings. The molecule has 0 saturated heterocycles. The van der Waals surface area contributed by atoms with Crippen LogP contribution in [0.4, 0.5) is 22.7 Å². The van der Waals surface area contributed by atoms with Crippen molar-refractivity contribution in [3.05, 3.63) is 228 Å². The lowest BCUT2D eigenvalue weighted by molar-refractivity contribution is 1.17. The van der Waals surface area contributed by atoms with Crippen molar-refractivity contribution in [1.29, 1.82) is 0 Å². The molecular weight excluding hydrogens is 785 g/mol. The van der Waals surface area contributed by atoms with Gasteiger partial charge in [-0.25, -0.2) is 29.3 Å². The molecule has 0 bridgehead atoms. The largest absolute Gasteiger partial charge is 0.329 e. The average molecular weight is 815 g/mol. The van der Waals surface area contributed by atoms with E-state index < -0.39 is 0 Å². The van der Waals surface area contributed by atoms with Gasteiger partial charge in [0.05, 0.1) is 65.4 Å². The van der Waals surface area contributed by atoms with Crippen molar-refractivity contribution in [2.24, 2.45) is 0 Å². The summed E-state index contributed by atoms with van der Waals surface area (Å²) in [5, 5.41) is 4.43. The van der Waals surface area contributed by atoms with E-state index in [0.29, 0.717) is 56.8 Å². The number of rotatable bonds is 6. The quantitative estimate of drug-likeness (QED) is 0.157. The third kappa shape index (κ3) is 5.96. The first-order valence-electron chi connectivity index (χ1n) is 20.5. The number of nitrogens with zero attached hydrogens (tertiary/aromatic N) is 8. The van der Waals surface area contributed by atoms with Gasteiger partial charge in [-0.05, 0) is 65.7 Å². The van der Waals surface area contributed by atoms with Gasteiger partial charge in [0, 0.05) is 43.9 Å². The van der Waals surface area contributed by atoms with E-state index in [4.69, 9.17) is 36.3 Å². The van der Waals surface area contributed by atoms with E-state index in [2.05, 4.69) is 101 Å². The Balaban J connectivity index is 1.02. The average Bonchev–Trinajstić information content (AvgIpc) is 3.88. The lowest BCUT2D eigenvalue weighted by Crippen LogP contribution is -1.97. The number of hydrogen-bond acceptors (Lipinski definition) is 2. The standard InChI is InChI=1S/C56H30N8/c1-57-45-20-10-5-18-42(45)48-34-47(61-56(62-48)43-19-6-11-21-46(43)58-2)36-27-25-35(26-28-36)37-31-49(59-3)55(50(32-37)60-4)64-53-24-14-9-17-41(53)44-33-38(29-30-54(44)64)63-51-22-12-7-15-39(51)40-16-8-13-23-52(40)63/h5-34H. The predicted octanol–water partition coefficient (Wildman–Crippen LogP) is 15.5. The zero-order valence-corrected chi connectivity index (χ0v) is 33.9. The SMILES string of the molecule is [C-]#[N+]c1ccccc1-c1cc(-c2ccc(-c3cc([N+]#[C-])c(-n4c5ccccc5c5cc(-n6c7ccccc7c7ccccc76)ccc54)c([N+]#[C-])c3)cc2)nc(-c2ccccc2[N+]#[C-])n1. The predicted molar refractivity (Wildman–Crippen MR) is 258 cm³/mol. The topological polar surface area (TPSA) is 53.1 Å². The first kappa shape index (κ1) is 37.4. The summed E-state index contributed by atoms with van der Waals surface area (Å²) < 4.78 is 4.37. The second-order valence-electron chi connectivity index (χ2n) is 15.3. The summed E-state index contributed by atoms with van der Waals surface area (Å²) in [4.78, 5) is 25.4. The molecule has 0 aliphatic heterocycles. The molecule has 8 aromatic carbocycles. The minimum Gasteiger partial charge on any atom is -0.329 e. The summed E-state index contributed by atoms with van der Waals surface area (Å²) in [6, 6.07) is 59.5. The molecule has 64 heavy (non-hydrogen) atoms. The monoisotopic (exact) mass is 814 g/mol. The third-order valence-electron chi connectivity index (χ3n) is 11.8. The van der Waals surface area contributed by atoms with Crippen molar-refractivity contribution in [3.63, 3.8) is 0 Å². The smallest absolute Gasteiger partial charge is 0.200 e. The molecule has 8 nitrogen and oxygen atoms in total. The third-order valence-corrected chi connectivity index (χ3v) is 11.8. The Morgan fingerprint density at radius 3 is 1.42 bits per heavy atom. The van der Waals surface area contributed by atoms with Crippen molar-refractivity contribution in [3.8, 4) is 56.4 Å². The highest BCUT2D eigenvalue weighted by molar-refractivity contribution is 6.13. The molecule has 294 valence electrons. The normalized spacial score (nSPS) is 11.1. The molecule has 3 aromatic heterocycles. The van der Waals surface area contributed by atoms with Crippen LogP contribution in [-0.4, -0.2) is 19.1 Å². The first-order valence-corrected chi connectivity index (χ1v) is 20.5. The fraction of sp³-hybridized carbons (Fsp3) is 0. The lowest BCUT2D eigenvalue weighted by Gasteiger charge is -2.15. The van der Waals surface area contributed by atoms with Gasteiger partial charge in [-0.15, -0.1) is 0 Å². The van der Waals surface area contributed by atoms with E-state index in [0.717, 1.165) is 55.2 Å². The van der Waals surface area contributed by atoms with Crippen LogP contribution in [-0.2, 0) is 0 Å². The van der Waals surface area contributed by atoms with Crippen LogP contribution in [0.15, 0.2) is 182 Å². The zero-order chi connectivity index (χ0) is 43.3. The maximum Gasteiger partial charge on any atom is 0.200 e. The van der Waals surface area contributed by atoms with Crippen molar-refractivity contribution >= 4 is 66.4 Å². The molecule has 3 heterocycles. The van der Waals surface area contributed by atoms with Crippen molar-refractivity contribution in [1.82, 2.24) is 19.1 Å². The number of hydrogen-bond donors (Lipinski definition) is 0. The number of fused-ring (bicyclic) bond motifs is 6. The Hall–Kier alpha value is -9.60. The Labute approximate surface area is 368 Å². The van der Waals surface area contributed by atoms with E-state index in [9.17, 15) is 0 Å². The van der Waals surface area contributed by atoms with E-state index in [1.165, 1.54) is 10.8 Å². The molecular formula is C56H30N8. The van der Waals surface area contributed by atoms with Gasteiger partial charge in [-0.3, -0.25) is 0 Å². The highest BCUT2D eigenvalue weighted by atomic mass is 15.0. The molecule has 0 spiro atoms. The summed E-state index contributed by atoms with van der Waals surface area (Å²) in [6.45, 7) is 32.5. The second-order valence-corrected chi connectivity index (χ2v) is 15.3. The van der Waals surface area contributed by atoms with Crippen LogP contribution in [0.1, 0.15) is 0 Å². The van der Waals surface area contributed by atoms with Crippen LogP contribution >= 0.6 is 0 Å². The molecule has 0 radical (unpaired) electrons. The van der Waals surface area contributed by atoms with E-state index in [1.54, 1.807) is 12.1 Å². The summed E-state index contributed by atoms with van der Waals surface area (Å²) >= 11 is 0. The van der Waals surface area contributed by atoms with E-state index in [-0.39, 0.29) is 0 Å². The van der Waals surface area contributed by atoms with Crippen LogP contribution in [0.5, 0.6) is 0 Å². The van der Waals surface area contributed by atoms with Crippen LogP contribution in [0.2, 0.25) is 0 Å². The highest BCUT2D eigenvalue weighted by Gasteiger charge is 2.22. The minimum atomic E-state index is 0.365. The van der Waals surface area contributed by atoms with Crippen LogP contribution < -0.4 is 0 Å². The van der Waals surface area contributed by atoms with Crippen LogP contribution in [0.3, 0.4) is 0 Å². The van der Waals surface area contributed by atoms with E-state index >= 15 is 0 Å². The molecule has 0 N–H and O–H groups in total. The lowest BCUT2D eigenvalue weighted by atomic mass is 9.99. The van der Waals surface area contributed by atoms with Gasteiger partial charge >= 0.3 is 0 Å². The van der Waals surface area contributed by atoms with Crippen LogP contribution in [0, 0.1) is 26.3 Å². The second kappa shape index (κ2) is 15.1. The Morgan fingerprint density at radius 2 is 0.812 bits per heavy atom. The summed E-state index contributed by atoms with van der Waals surface area (Å²) in [7, 11) is 0. The number of para-hydroxylation sites is 5. The fourth-order valence-electron chi connectivity index (χ4n) is 8.95. The number of aromatic nitrogens is 4. The van der Waals surface area contributed by atoms with E-state index in [1.807, 2.05) is 97.1 Å². The van der Waals surface area contributed by atoms with Crippen molar-refractivity contribution in [2.75, 3.05) is 0 Å². The fourth-order valence-corrected chi connectivity index (χ4v) is 8.95. The molecule has 8 heteroatoms. The molecule has 0 amide bonds. The van der Waals surface area contributed by atoms with Crippen molar-refractivity contribution < 1.29 is 0 Å². The minimum absolute atomic E-state index is 0.365. The van der Waals surface area contributed by atoms with Gasteiger partial charge in [0.15, 0.2) is 11.4 Å². The molecule has 0 atom stereocenters. The maximum atomic E-state index is 8.46. The molecule has 0 unspecified atom stereocenters. The molecule has 11 rings (SSSR count). The van der Waals surface area contributed by atoms with Gasteiger partial charge in [0.2, 0.25) is 11.4 Å². The Morgan fingerprint density at radius 1 is 0.344 bits per heavy atom. The van der Waals surface area contributed by atoms with Gasteiger partial charge in [-0.2, -0.15) is 0 Å². The molecule has 0 aliphatic rings. The maximum absolute atomic E-state index is 8.46. The molecule has 11 aromatic rings. The van der Waals surface area contributed by atoms with Gasteiger partial charge < -0.3 is 9.13 Å². The Kier molecular flexibility index (Phi) is 8.85. The van der Waals surface area contributed by atoms with Crippen molar-refractivity contribution in [2.45, 2.75) is 0 Å². The first-order chi connectivity index (χ1) is 31.6. The molecule has 0 saturated carbocycles. The summed E-state index contributed by atoms with van der Waals surface area (Å²) in [6.07, 6.45) is 0. The van der Waals surface area contributed by atoms with Gasteiger partial charge in [0.25, 0.3) is 0 Å². The zero-order valence-electron chi connectivity index (χ0n) is 33.9. The van der Waals surface area contributed by atoms with Crippen LogP contribution in [0.25, 0.3) is 119 Å². The summed E-state index contributed by atoms with van der Waals surface area (Å²) in [5.41, 5.74) is 12.1. The molecule has 0 aliphatic carbocycles. The van der Waals surface area contributed by atoms with Gasteiger partial charge in [0.1, 0.15) is 5.82 Å². The highest BCUT2D eigenvalue weighted by Crippen LogP contribution is 2.45. The summed E-state index contributed by atoms with van der Waals surface area (Å²) in [5.74, 6) is 0.384. The Bertz CT molecular complexity index is 3730. The number of benzene rings is 8. The van der Waals surface area contributed by atoms with Gasteiger partial charge in [-0.1, -0.05) is 127 Å².